The smallest absolute Gasteiger partial charge is 0.240 e. The molecule has 0 amide bonds. The van der Waals surface area contributed by atoms with E-state index in [4.69, 9.17) is 19.9 Å². The molecule has 0 aliphatic carbocycles. The Morgan fingerprint density at radius 3 is 2.35 bits per heavy atom. The quantitative estimate of drug-likeness (QED) is 0.920. The van der Waals surface area contributed by atoms with Crippen LogP contribution in [0.15, 0.2) is 18.2 Å². The zero-order chi connectivity index (χ0) is 14.7. The van der Waals surface area contributed by atoms with Crippen molar-refractivity contribution in [1.29, 1.82) is 0 Å². The number of rotatable bonds is 4. The van der Waals surface area contributed by atoms with Crippen LogP contribution in [0, 0.1) is 6.92 Å². The number of nitrogens with zero attached hydrogens (tertiary/aromatic N) is 2. The Kier molecular flexibility index (Phi) is 3.93. The second kappa shape index (κ2) is 5.64. The minimum absolute atomic E-state index is 0.352. The van der Waals surface area contributed by atoms with Crippen LogP contribution in [0.1, 0.15) is 5.69 Å². The van der Waals surface area contributed by atoms with E-state index in [1.54, 1.807) is 27.2 Å². The SMILES string of the molecule is COc1ccc(-c2nc(C)c(N)c(OC)n2)c(OC)c1. The average Bonchev–Trinajstić information content (AvgIpc) is 2.49. The molecule has 1 aromatic carbocycles. The largest absolute Gasteiger partial charge is 0.497 e. The molecule has 0 atom stereocenters. The fraction of sp³-hybridized carbons (Fsp3) is 0.286. The Morgan fingerprint density at radius 2 is 1.75 bits per heavy atom. The van der Waals surface area contributed by atoms with Gasteiger partial charge in [-0.2, -0.15) is 4.98 Å². The van der Waals surface area contributed by atoms with E-state index < -0.39 is 0 Å². The lowest BCUT2D eigenvalue weighted by Gasteiger charge is -2.12. The predicted octanol–water partition coefficient (Wildman–Crippen LogP) is 2.06. The van der Waals surface area contributed by atoms with Gasteiger partial charge in [-0.15, -0.1) is 0 Å². The number of hydrogen-bond donors (Lipinski definition) is 1. The van der Waals surface area contributed by atoms with Crippen LogP contribution in [0.5, 0.6) is 17.4 Å². The maximum absolute atomic E-state index is 5.86. The third kappa shape index (κ3) is 2.45. The highest BCUT2D eigenvalue weighted by Gasteiger charge is 2.14. The molecule has 6 nitrogen and oxygen atoms in total. The van der Waals surface area contributed by atoms with Crippen LogP contribution in [0.3, 0.4) is 0 Å². The summed E-state index contributed by atoms with van der Waals surface area (Å²) < 4.78 is 15.7. The number of ether oxygens (including phenoxy) is 3. The number of methoxy groups -OCH3 is 3. The van der Waals surface area contributed by atoms with Crippen LogP contribution in [-0.4, -0.2) is 31.3 Å². The number of hydrogen-bond acceptors (Lipinski definition) is 6. The molecular weight excluding hydrogens is 258 g/mol. The summed E-state index contributed by atoms with van der Waals surface area (Å²) in [5.41, 5.74) is 7.69. The van der Waals surface area contributed by atoms with E-state index in [1.165, 1.54) is 7.11 Å². The first-order valence-electron chi connectivity index (χ1n) is 6.01. The molecule has 2 rings (SSSR count). The third-order valence-electron chi connectivity index (χ3n) is 2.94. The van der Waals surface area contributed by atoms with Gasteiger partial charge in [0.1, 0.15) is 17.2 Å². The van der Waals surface area contributed by atoms with Gasteiger partial charge in [0.2, 0.25) is 5.88 Å². The molecule has 0 aliphatic heterocycles. The van der Waals surface area contributed by atoms with Gasteiger partial charge < -0.3 is 19.9 Å². The molecule has 6 heteroatoms. The summed E-state index contributed by atoms with van der Waals surface area (Å²) in [5.74, 6) is 2.17. The molecule has 0 saturated heterocycles. The molecule has 106 valence electrons. The van der Waals surface area contributed by atoms with E-state index in [-0.39, 0.29) is 0 Å². The number of aryl methyl sites for hydroxylation is 1. The number of anilines is 1. The van der Waals surface area contributed by atoms with Gasteiger partial charge in [-0.3, -0.25) is 0 Å². The van der Waals surface area contributed by atoms with Gasteiger partial charge in [0.05, 0.1) is 32.6 Å². The van der Waals surface area contributed by atoms with Crippen LogP contribution in [-0.2, 0) is 0 Å². The molecule has 0 aliphatic rings. The minimum atomic E-state index is 0.352. The summed E-state index contributed by atoms with van der Waals surface area (Å²) in [7, 11) is 4.70. The fourth-order valence-corrected chi connectivity index (χ4v) is 1.81. The highest BCUT2D eigenvalue weighted by molar-refractivity contribution is 5.68. The van der Waals surface area contributed by atoms with Crippen molar-refractivity contribution in [1.82, 2.24) is 9.97 Å². The van der Waals surface area contributed by atoms with Crippen LogP contribution in [0.2, 0.25) is 0 Å². The monoisotopic (exact) mass is 275 g/mol. The van der Waals surface area contributed by atoms with Gasteiger partial charge in [0.25, 0.3) is 0 Å². The normalized spacial score (nSPS) is 10.2. The summed E-state index contributed by atoms with van der Waals surface area (Å²) in [6, 6.07) is 5.43. The van der Waals surface area contributed by atoms with Gasteiger partial charge in [-0.25, -0.2) is 4.98 Å². The second-order valence-electron chi connectivity index (χ2n) is 4.12. The second-order valence-corrected chi connectivity index (χ2v) is 4.12. The van der Waals surface area contributed by atoms with Gasteiger partial charge in [0.15, 0.2) is 5.82 Å². The van der Waals surface area contributed by atoms with Crippen molar-refractivity contribution in [3.8, 4) is 28.8 Å². The Hall–Kier alpha value is -2.50. The molecular formula is C14H17N3O3. The number of aromatic nitrogens is 2. The molecule has 2 aromatic rings. The van der Waals surface area contributed by atoms with Crippen molar-refractivity contribution in [2.75, 3.05) is 27.1 Å². The van der Waals surface area contributed by atoms with Crippen molar-refractivity contribution >= 4 is 5.69 Å². The highest BCUT2D eigenvalue weighted by Crippen LogP contribution is 2.33. The molecule has 0 unspecified atom stereocenters. The van der Waals surface area contributed by atoms with Crippen LogP contribution >= 0.6 is 0 Å². The first-order chi connectivity index (χ1) is 9.60. The van der Waals surface area contributed by atoms with Crippen molar-refractivity contribution in [3.05, 3.63) is 23.9 Å². The lowest BCUT2D eigenvalue weighted by Crippen LogP contribution is -2.03. The zero-order valence-corrected chi connectivity index (χ0v) is 11.9. The van der Waals surface area contributed by atoms with Crippen molar-refractivity contribution < 1.29 is 14.2 Å². The summed E-state index contributed by atoms with van der Waals surface area (Å²) in [6.45, 7) is 1.80. The summed E-state index contributed by atoms with van der Waals surface area (Å²) in [6.07, 6.45) is 0. The van der Waals surface area contributed by atoms with Gasteiger partial charge in [-0.1, -0.05) is 0 Å². The molecule has 20 heavy (non-hydrogen) atoms. The topological polar surface area (TPSA) is 79.5 Å². The van der Waals surface area contributed by atoms with E-state index in [0.717, 1.165) is 5.56 Å². The predicted molar refractivity (Wildman–Crippen MR) is 76.3 cm³/mol. The van der Waals surface area contributed by atoms with E-state index >= 15 is 0 Å². The fourth-order valence-electron chi connectivity index (χ4n) is 1.81. The molecule has 0 spiro atoms. The average molecular weight is 275 g/mol. The molecule has 0 saturated carbocycles. The van der Waals surface area contributed by atoms with Crippen molar-refractivity contribution in [2.24, 2.45) is 0 Å². The molecule has 1 heterocycles. The number of nitrogen functional groups attached to an aromatic ring is 1. The molecule has 2 N–H and O–H groups in total. The Morgan fingerprint density at radius 1 is 1.00 bits per heavy atom. The van der Waals surface area contributed by atoms with Crippen molar-refractivity contribution in [2.45, 2.75) is 6.92 Å². The molecule has 0 bridgehead atoms. The van der Waals surface area contributed by atoms with Gasteiger partial charge in [0, 0.05) is 6.07 Å². The Bertz CT molecular complexity index is 629. The summed E-state index contributed by atoms with van der Waals surface area (Å²) in [5, 5.41) is 0. The van der Waals surface area contributed by atoms with Crippen LogP contribution in [0.25, 0.3) is 11.4 Å². The zero-order valence-electron chi connectivity index (χ0n) is 11.9. The highest BCUT2D eigenvalue weighted by atomic mass is 16.5. The number of nitrogens with two attached hydrogens (primary N) is 1. The summed E-state index contributed by atoms with van der Waals surface area (Å²) >= 11 is 0. The lowest BCUT2D eigenvalue weighted by molar-refractivity contribution is 0.394. The standard InChI is InChI=1S/C14H17N3O3/c1-8-12(15)14(20-4)17-13(16-8)10-6-5-9(18-2)7-11(10)19-3/h5-7H,15H2,1-4H3. The Balaban J connectivity index is 2.59. The van der Waals surface area contributed by atoms with Gasteiger partial charge >= 0.3 is 0 Å². The Labute approximate surface area is 117 Å². The minimum Gasteiger partial charge on any atom is -0.497 e. The first kappa shape index (κ1) is 13.9. The first-order valence-corrected chi connectivity index (χ1v) is 6.01. The maximum atomic E-state index is 5.86. The molecule has 0 radical (unpaired) electrons. The van der Waals surface area contributed by atoms with E-state index in [9.17, 15) is 0 Å². The van der Waals surface area contributed by atoms with E-state index in [0.29, 0.717) is 34.6 Å². The lowest BCUT2D eigenvalue weighted by atomic mass is 10.1. The van der Waals surface area contributed by atoms with E-state index in [2.05, 4.69) is 9.97 Å². The van der Waals surface area contributed by atoms with E-state index in [1.807, 2.05) is 12.1 Å². The third-order valence-corrected chi connectivity index (χ3v) is 2.94. The molecule has 1 aromatic heterocycles. The maximum Gasteiger partial charge on any atom is 0.240 e. The van der Waals surface area contributed by atoms with Crippen LogP contribution in [0.4, 0.5) is 5.69 Å². The summed E-state index contributed by atoms with van der Waals surface area (Å²) in [4.78, 5) is 8.69. The van der Waals surface area contributed by atoms with Crippen molar-refractivity contribution in [3.63, 3.8) is 0 Å². The molecule has 0 fully saturated rings. The van der Waals surface area contributed by atoms with Crippen LogP contribution < -0.4 is 19.9 Å². The van der Waals surface area contributed by atoms with Gasteiger partial charge in [-0.05, 0) is 19.1 Å². The number of benzene rings is 1.